The van der Waals surface area contributed by atoms with E-state index in [0.717, 1.165) is 12.0 Å². The Morgan fingerprint density at radius 1 is 1.33 bits per heavy atom. The molecular weight excluding hydrogens is 314 g/mol. The number of nitrogens with zero attached hydrogens (tertiary/aromatic N) is 1. The summed E-state index contributed by atoms with van der Waals surface area (Å²) in [5, 5.41) is 0. The maximum atomic E-state index is 12.2. The van der Waals surface area contributed by atoms with Gasteiger partial charge in [-0.1, -0.05) is 34.1 Å². The summed E-state index contributed by atoms with van der Waals surface area (Å²) in [6, 6.07) is 7.28. The number of alkyl halides is 1. The fraction of sp³-hybridized carbons (Fsp3) is 0.538. The first-order valence-electron chi connectivity index (χ1n) is 6.07. The molecule has 1 aliphatic rings. The molecule has 1 aliphatic carbocycles. The van der Waals surface area contributed by atoms with Crippen LogP contribution in [0.1, 0.15) is 18.4 Å². The number of halogens is 1. The predicted molar refractivity (Wildman–Crippen MR) is 76.5 cm³/mol. The molecule has 1 saturated carbocycles. The van der Waals surface area contributed by atoms with Crippen LogP contribution in [0.4, 0.5) is 0 Å². The van der Waals surface area contributed by atoms with Crippen LogP contribution in [0.15, 0.2) is 29.2 Å². The van der Waals surface area contributed by atoms with Crippen molar-refractivity contribution in [1.29, 1.82) is 0 Å². The molecule has 0 saturated heterocycles. The van der Waals surface area contributed by atoms with Gasteiger partial charge in [-0.25, -0.2) is 12.7 Å². The summed E-state index contributed by atoms with van der Waals surface area (Å²) in [6.07, 6.45) is 3.27. The Morgan fingerprint density at radius 2 is 1.94 bits per heavy atom. The van der Waals surface area contributed by atoms with Crippen molar-refractivity contribution in [2.24, 2.45) is 5.92 Å². The fourth-order valence-corrected chi connectivity index (χ4v) is 3.96. The zero-order chi connectivity index (χ0) is 13.3. The molecule has 100 valence electrons. The number of rotatable bonds is 5. The Bertz CT molecular complexity index is 524. The van der Waals surface area contributed by atoms with E-state index in [1.165, 1.54) is 17.1 Å². The van der Waals surface area contributed by atoms with E-state index in [9.17, 15) is 8.42 Å². The molecule has 1 fully saturated rings. The zero-order valence-corrected chi connectivity index (χ0v) is 13.0. The summed E-state index contributed by atoms with van der Waals surface area (Å²) in [6.45, 7) is 0. The number of sulfonamides is 1. The Kier molecular flexibility index (Phi) is 4.14. The highest BCUT2D eigenvalue weighted by Crippen LogP contribution is 2.38. The quantitative estimate of drug-likeness (QED) is 0.778. The Hall–Kier alpha value is -0.390. The Balaban J connectivity index is 2.30. The monoisotopic (exact) mass is 331 g/mol. The highest BCUT2D eigenvalue weighted by atomic mass is 79.9. The standard InChI is InChI=1S/C13H18BrNO2S/c1-15(2)18(16,17)13-6-4-3-5-11(13)9-12(14)10-7-8-10/h3-6,10,12H,7-9H2,1-2H3. The van der Waals surface area contributed by atoms with E-state index in [4.69, 9.17) is 0 Å². The number of hydrogen-bond donors (Lipinski definition) is 0. The van der Waals surface area contributed by atoms with E-state index in [-0.39, 0.29) is 0 Å². The fourth-order valence-electron chi connectivity index (χ4n) is 1.96. The summed E-state index contributed by atoms with van der Waals surface area (Å²) in [5.74, 6) is 0.708. The van der Waals surface area contributed by atoms with Crippen molar-refractivity contribution in [3.05, 3.63) is 29.8 Å². The van der Waals surface area contributed by atoms with Crippen LogP contribution in [-0.2, 0) is 16.4 Å². The third kappa shape index (κ3) is 2.95. The molecule has 1 aromatic carbocycles. The van der Waals surface area contributed by atoms with Gasteiger partial charge >= 0.3 is 0 Å². The minimum Gasteiger partial charge on any atom is -0.207 e. The SMILES string of the molecule is CN(C)S(=O)(=O)c1ccccc1CC(Br)C1CC1. The van der Waals surface area contributed by atoms with Gasteiger partial charge in [0.15, 0.2) is 0 Å². The van der Waals surface area contributed by atoms with E-state index in [1.807, 2.05) is 12.1 Å². The molecule has 0 amide bonds. The molecule has 0 aromatic heterocycles. The first-order chi connectivity index (χ1) is 8.43. The number of benzene rings is 1. The summed E-state index contributed by atoms with van der Waals surface area (Å²) in [5.41, 5.74) is 0.903. The van der Waals surface area contributed by atoms with Gasteiger partial charge in [-0.15, -0.1) is 0 Å². The molecule has 0 radical (unpaired) electrons. The smallest absolute Gasteiger partial charge is 0.207 e. The third-order valence-corrected chi connectivity index (χ3v) is 6.27. The molecule has 3 nitrogen and oxygen atoms in total. The third-order valence-electron chi connectivity index (χ3n) is 3.28. The summed E-state index contributed by atoms with van der Waals surface area (Å²) >= 11 is 3.67. The van der Waals surface area contributed by atoms with Crippen LogP contribution in [0.25, 0.3) is 0 Å². The van der Waals surface area contributed by atoms with E-state index in [0.29, 0.717) is 15.6 Å². The van der Waals surface area contributed by atoms with Gasteiger partial charge in [0, 0.05) is 18.9 Å². The van der Waals surface area contributed by atoms with Crippen molar-refractivity contribution < 1.29 is 8.42 Å². The second kappa shape index (κ2) is 5.31. The summed E-state index contributed by atoms with van der Waals surface area (Å²) < 4.78 is 25.7. The molecular formula is C13H18BrNO2S. The second-order valence-corrected chi connectivity index (χ2v) is 8.25. The molecule has 5 heteroatoms. The first kappa shape index (κ1) is 14.0. The molecule has 1 atom stereocenters. The van der Waals surface area contributed by atoms with Crippen molar-refractivity contribution in [2.75, 3.05) is 14.1 Å². The molecule has 2 rings (SSSR count). The lowest BCUT2D eigenvalue weighted by Gasteiger charge is -2.16. The Labute approximate surface area is 117 Å². The molecule has 0 spiro atoms. The van der Waals surface area contributed by atoms with Crippen LogP contribution in [-0.4, -0.2) is 31.6 Å². The zero-order valence-electron chi connectivity index (χ0n) is 10.6. The average molecular weight is 332 g/mol. The molecule has 0 aliphatic heterocycles. The topological polar surface area (TPSA) is 37.4 Å². The van der Waals surface area contributed by atoms with Crippen molar-refractivity contribution >= 4 is 26.0 Å². The average Bonchev–Trinajstić information content (AvgIpc) is 3.13. The largest absolute Gasteiger partial charge is 0.242 e. The Morgan fingerprint density at radius 3 is 2.50 bits per heavy atom. The second-order valence-electron chi connectivity index (χ2n) is 4.95. The van der Waals surface area contributed by atoms with Crippen molar-refractivity contribution in [3.8, 4) is 0 Å². The lowest BCUT2D eigenvalue weighted by atomic mass is 10.1. The molecule has 18 heavy (non-hydrogen) atoms. The predicted octanol–water partition coefficient (Wildman–Crippen LogP) is 2.65. The lowest BCUT2D eigenvalue weighted by molar-refractivity contribution is 0.519. The van der Waals surface area contributed by atoms with Gasteiger partial charge in [-0.2, -0.15) is 0 Å². The molecule has 1 unspecified atom stereocenters. The van der Waals surface area contributed by atoms with Crippen LogP contribution < -0.4 is 0 Å². The maximum absolute atomic E-state index is 12.2. The van der Waals surface area contributed by atoms with Crippen LogP contribution in [0.2, 0.25) is 0 Å². The van der Waals surface area contributed by atoms with Gasteiger partial charge in [0.05, 0.1) is 4.90 Å². The van der Waals surface area contributed by atoms with E-state index < -0.39 is 10.0 Å². The van der Waals surface area contributed by atoms with Crippen LogP contribution in [0.3, 0.4) is 0 Å². The van der Waals surface area contributed by atoms with Gasteiger partial charge in [-0.05, 0) is 36.8 Å². The molecule has 0 bridgehead atoms. The highest BCUT2D eigenvalue weighted by molar-refractivity contribution is 9.09. The lowest BCUT2D eigenvalue weighted by Crippen LogP contribution is -2.24. The molecule has 1 aromatic rings. The minimum absolute atomic E-state index is 0.385. The van der Waals surface area contributed by atoms with Crippen molar-refractivity contribution in [2.45, 2.75) is 29.0 Å². The maximum Gasteiger partial charge on any atom is 0.242 e. The molecule has 0 N–H and O–H groups in total. The highest BCUT2D eigenvalue weighted by Gasteiger charge is 2.31. The minimum atomic E-state index is -3.35. The van der Waals surface area contributed by atoms with Crippen LogP contribution >= 0.6 is 15.9 Å². The van der Waals surface area contributed by atoms with Gasteiger partial charge in [0.25, 0.3) is 0 Å². The first-order valence-corrected chi connectivity index (χ1v) is 8.43. The van der Waals surface area contributed by atoms with E-state index in [1.54, 1.807) is 26.2 Å². The van der Waals surface area contributed by atoms with E-state index in [2.05, 4.69) is 15.9 Å². The molecule has 0 heterocycles. The summed E-state index contributed by atoms with van der Waals surface area (Å²) in [4.78, 5) is 0.816. The van der Waals surface area contributed by atoms with Gasteiger partial charge in [-0.3, -0.25) is 0 Å². The van der Waals surface area contributed by atoms with Crippen LogP contribution in [0.5, 0.6) is 0 Å². The van der Waals surface area contributed by atoms with Crippen molar-refractivity contribution in [3.63, 3.8) is 0 Å². The van der Waals surface area contributed by atoms with Gasteiger partial charge in [0.1, 0.15) is 0 Å². The van der Waals surface area contributed by atoms with Gasteiger partial charge < -0.3 is 0 Å². The van der Waals surface area contributed by atoms with Crippen molar-refractivity contribution in [1.82, 2.24) is 4.31 Å². The number of hydrogen-bond acceptors (Lipinski definition) is 2. The van der Waals surface area contributed by atoms with E-state index >= 15 is 0 Å². The van der Waals surface area contributed by atoms with Crippen LogP contribution in [0, 0.1) is 5.92 Å². The normalized spacial score (nSPS) is 18.0. The van der Waals surface area contributed by atoms with Gasteiger partial charge in [0.2, 0.25) is 10.0 Å². The summed E-state index contributed by atoms with van der Waals surface area (Å²) in [7, 11) is -0.210.